The van der Waals surface area contributed by atoms with Crippen LogP contribution >= 0.6 is 47.1 Å². The number of aryl methyl sites for hydroxylation is 1. The van der Waals surface area contributed by atoms with Crippen molar-refractivity contribution in [3.63, 3.8) is 0 Å². The number of aliphatic imine (C=N–C) groups is 1. The number of rotatable bonds is 8. The Morgan fingerprint density at radius 3 is 2.63 bits per heavy atom. The maximum atomic E-state index is 4.70. The van der Waals surface area contributed by atoms with Crippen LogP contribution < -0.4 is 10.6 Å². The molecule has 0 radical (unpaired) electrons. The molecule has 1 saturated heterocycles. The van der Waals surface area contributed by atoms with Crippen LogP contribution in [0.15, 0.2) is 10.4 Å². The highest BCUT2D eigenvalue weighted by Crippen LogP contribution is 2.20. The predicted octanol–water partition coefficient (Wildman–Crippen LogP) is 3.84. The molecular formula is C19H36IN5S2. The van der Waals surface area contributed by atoms with E-state index in [-0.39, 0.29) is 28.7 Å². The monoisotopic (exact) mass is 525 g/mol. The van der Waals surface area contributed by atoms with Gasteiger partial charge in [-0.2, -0.15) is 11.8 Å². The summed E-state index contributed by atoms with van der Waals surface area (Å²) in [6.45, 7) is 11.9. The van der Waals surface area contributed by atoms with Gasteiger partial charge in [-0.05, 0) is 58.4 Å². The molecule has 2 heterocycles. The molecule has 156 valence electrons. The fourth-order valence-electron chi connectivity index (χ4n) is 2.99. The fraction of sp³-hybridized carbons (Fsp3) is 0.789. The normalized spacial score (nSPS) is 16.9. The number of guanidine groups is 1. The number of aromatic nitrogens is 1. The lowest BCUT2D eigenvalue weighted by Gasteiger charge is -2.32. The molecule has 0 atom stereocenters. The Balaban J connectivity index is 0.00000364. The Morgan fingerprint density at radius 2 is 2.07 bits per heavy atom. The number of nitrogens with one attached hydrogen (secondary N) is 2. The van der Waals surface area contributed by atoms with Gasteiger partial charge in [0.2, 0.25) is 0 Å². The van der Waals surface area contributed by atoms with Gasteiger partial charge in [-0.1, -0.05) is 6.92 Å². The summed E-state index contributed by atoms with van der Waals surface area (Å²) in [6.07, 6.45) is 5.68. The summed E-state index contributed by atoms with van der Waals surface area (Å²) in [7, 11) is 1.85. The van der Waals surface area contributed by atoms with Crippen LogP contribution in [0.3, 0.4) is 0 Å². The fourth-order valence-corrected chi connectivity index (χ4v) is 3.94. The Morgan fingerprint density at radius 1 is 1.37 bits per heavy atom. The lowest BCUT2D eigenvalue weighted by molar-refractivity contribution is 0.176. The second-order valence-corrected chi connectivity index (χ2v) is 10.0. The summed E-state index contributed by atoms with van der Waals surface area (Å²) in [4.78, 5) is 11.6. The summed E-state index contributed by atoms with van der Waals surface area (Å²) in [5.74, 6) is 1.64. The first-order valence-corrected chi connectivity index (χ1v) is 11.7. The van der Waals surface area contributed by atoms with Gasteiger partial charge < -0.3 is 10.6 Å². The topological polar surface area (TPSA) is 52.6 Å². The van der Waals surface area contributed by atoms with Crippen LogP contribution in [0, 0.1) is 5.92 Å². The van der Waals surface area contributed by atoms with Crippen molar-refractivity contribution in [3.8, 4) is 0 Å². The number of nitrogens with zero attached hydrogens (tertiary/aromatic N) is 3. The highest BCUT2D eigenvalue weighted by Gasteiger charge is 2.21. The third-order valence-electron chi connectivity index (χ3n) is 5.01. The van der Waals surface area contributed by atoms with Gasteiger partial charge in [0.05, 0.1) is 10.7 Å². The van der Waals surface area contributed by atoms with Crippen molar-refractivity contribution in [2.45, 2.75) is 51.3 Å². The van der Waals surface area contributed by atoms with Crippen LogP contribution in [0.1, 0.15) is 44.3 Å². The third kappa shape index (κ3) is 8.87. The molecule has 1 fully saturated rings. The molecule has 0 saturated carbocycles. The Kier molecular flexibility index (Phi) is 11.6. The maximum absolute atomic E-state index is 4.70. The molecule has 5 nitrogen and oxygen atoms in total. The van der Waals surface area contributed by atoms with Crippen molar-refractivity contribution in [2.75, 3.05) is 39.5 Å². The van der Waals surface area contributed by atoms with Gasteiger partial charge in [0.1, 0.15) is 0 Å². The minimum absolute atomic E-state index is 0. The van der Waals surface area contributed by atoms with Gasteiger partial charge in [-0.25, -0.2) is 4.98 Å². The molecule has 0 spiro atoms. The van der Waals surface area contributed by atoms with Crippen LogP contribution in [0.2, 0.25) is 0 Å². The zero-order valence-corrected chi connectivity index (χ0v) is 21.3. The van der Waals surface area contributed by atoms with E-state index in [1.807, 2.05) is 18.8 Å². The number of thiazole rings is 1. The molecule has 1 aliphatic rings. The molecule has 0 bridgehead atoms. The Hall–Kier alpha value is -0.0600. The maximum Gasteiger partial charge on any atom is 0.191 e. The molecule has 2 rings (SSSR count). The van der Waals surface area contributed by atoms with Crippen LogP contribution in [0.25, 0.3) is 0 Å². The van der Waals surface area contributed by atoms with Gasteiger partial charge in [0, 0.05) is 36.8 Å². The second kappa shape index (κ2) is 12.5. The molecule has 27 heavy (non-hydrogen) atoms. The molecule has 8 heteroatoms. The summed E-state index contributed by atoms with van der Waals surface area (Å²) in [5.41, 5.74) is 1.24. The smallest absolute Gasteiger partial charge is 0.191 e. The van der Waals surface area contributed by atoms with Crippen molar-refractivity contribution >= 4 is 53.0 Å². The van der Waals surface area contributed by atoms with Crippen molar-refractivity contribution in [3.05, 3.63) is 16.1 Å². The lowest BCUT2D eigenvalue weighted by Crippen LogP contribution is -2.46. The van der Waals surface area contributed by atoms with Crippen LogP contribution in [0.5, 0.6) is 0 Å². The van der Waals surface area contributed by atoms with E-state index in [1.165, 1.54) is 23.5 Å². The van der Waals surface area contributed by atoms with Crippen LogP contribution in [-0.2, 0) is 13.0 Å². The second-order valence-electron chi connectivity index (χ2n) is 7.58. The minimum Gasteiger partial charge on any atom is -0.356 e. The number of halogens is 1. The molecule has 0 aliphatic carbocycles. The Bertz CT molecular complexity index is 568. The number of hydrogen-bond acceptors (Lipinski definition) is 5. The molecule has 1 aliphatic heterocycles. The molecule has 1 aromatic rings. The molecule has 0 unspecified atom stereocenters. The van der Waals surface area contributed by atoms with Gasteiger partial charge in [0.15, 0.2) is 5.96 Å². The largest absolute Gasteiger partial charge is 0.356 e. The third-order valence-corrected chi connectivity index (χ3v) is 7.30. The molecule has 0 aromatic carbocycles. The van der Waals surface area contributed by atoms with E-state index in [2.05, 4.69) is 52.9 Å². The van der Waals surface area contributed by atoms with E-state index in [0.29, 0.717) is 0 Å². The summed E-state index contributed by atoms with van der Waals surface area (Å²) >= 11 is 3.67. The van der Waals surface area contributed by atoms with Crippen molar-refractivity contribution in [1.82, 2.24) is 20.5 Å². The van der Waals surface area contributed by atoms with E-state index in [4.69, 9.17) is 4.98 Å². The van der Waals surface area contributed by atoms with E-state index in [9.17, 15) is 0 Å². The zero-order chi connectivity index (χ0) is 19.0. The minimum atomic E-state index is 0. The molecule has 2 N–H and O–H groups in total. The first-order valence-electron chi connectivity index (χ1n) is 9.61. The number of likely N-dealkylation sites (tertiary alicyclic amines) is 1. The number of hydrogen-bond donors (Lipinski definition) is 2. The zero-order valence-electron chi connectivity index (χ0n) is 17.4. The summed E-state index contributed by atoms with van der Waals surface area (Å²) in [6, 6.07) is 0. The quantitative estimate of drug-likeness (QED) is 0.307. The van der Waals surface area contributed by atoms with E-state index < -0.39 is 0 Å². The first kappa shape index (κ1) is 25.0. The van der Waals surface area contributed by atoms with Gasteiger partial charge in [-0.3, -0.25) is 9.89 Å². The summed E-state index contributed by atoms with van der Waals surface area (Å²) in [5, 5.41) is 10.4. The molecule has 0 amide bonds. The van der Waals surface area contributed by atoms with Crippen LogP contribution in [-0.4, -0.2) is 60.1 Å². The van der Waals surface area contributed by atoms with E-state index >= 15 is 0 Å². The molecule has 1 aromatic heterocycles. The Labute approximate surface area is 190 Å². The lowest BCUT2D eigenvalue weighted by atomic mass is 9.97. The van der Waals surface area contributed by atoms with E-state index in [0.717, 1.165) is 51.0 Å². The van der Waals surface area contributed by atoms with Crippen molar-refractivity contribution < 1.29 is 0 Å². The first-order chi connectivity index (χ1) is 12.5. The van der Waals surface area contributed by atoms with Crippen molar-refractivity contribution in [2.24, 2.45) is 10.9 Å². The van der Waals surface area contributed by atoms with Gasteiger partial charge in [-0.15, -0.1) is 35.3 Å². The standard InChI is InChI=1S/C19H35N5S2.HI/c1-6-17-23-16(13-26-17)12-24-9-7-15(8-10-24)11-21-18(20-4)22-14-19(2,3)25-5;/h13,15H,6-12,14H2,1-5H3,(H2,20,21,22);1H. The van der Waals surface area contributed by atoms with Crippen LogP contribution in [0.4, 0.5) is 0 Å². The highest BCUT2D eigenvalue weighted by atomic mass is 127. The average Bonchev–Trinajstić information content (AvgIpc) is 3.10. The molecular weight excluding hydrogens is 489 g/mol. The van der Waals surface area contributed by atoms with Crippen molar-refractivity contribution in [1.29, 1.82) is 0 Å². The van der Waals surface area contributed by atoms with Gasteiger partial charge in [0.25, 0.3) is 0 Å². The summed E-state index contributed by atoms with van der Waals surface area (Å²) < 4.78 is 0.219. The number of thioether (sulfide) groups is 1. The highest BCUT2D eigenvalue weighted by molar-refractivity contribution is 14.0. The van der Waals surface area contributed by atoms with E-state index in [1.54, 1.807) is 11.3 Å². The SMILES string of the molecule is CCc1nc(CN2CCC(CNC(=NC)NCC(C)(C)SC)CC2)cs1.I. The number of piperidine rings is 1. The average molecular weight is 526 g/mol. The predicted molar refractivity (Wildman–Crippen MR) is 132 cm³/mol. The van der Waals surface area contributed by atoms with Gasteiger partial charge >= 0.3 is 0 Å².